The molecule has 0 radical (unpaired) electrons. The molecule has 0 aromatic heterocycles. The van der Waals surface area contributed by atoms with E-state index in [0.29, 0.717) is 25.9 Å². The van der Waals surface area contributed by atoms with Crippen LogP contribution in [0.5, 0.6) is 0 Å². The van der Waals surface area contributed by atoms with Crippen LogP contribution in [0.1, 0.15) is 65.5 Å². The van der Waals surface area contributed by atoms with E-state index in [9.17, 15) is 9.59 Å². The van der Waals surface area contributed by atoms with Crippen molar-refractivity contribution in [1.29, 1.82) is 0 Å². The molecule has 2 aliphatic rings. The van der Waals surface area contributed by atoms with Gasteiger partial charge in [0.05, 0.1) is 0 Å². The first-order valence-corrected chi connectivity index (χ1v) is 12.0. The highest BCUT2D eigenvalue weighted by Crippen LogP contribution is 2.56. The maximum Gasteiger partial charge on any atom is 0.412 e. The van der Waals surface area contributed by atoms with Gasteiger partial charge in [-0.15, -0.1) is 0 Å². The summed E-state index contributed by atoms with van der Waals surface area (Å²) in [7, 11) is 0. The molecular formula is C28H36N2O4. The number of ether oxygens (including phenoxy) is 2. The molecule has 0 unspecified atom stereocenters. The number of nitrogens with zero attached hydrogens (tertiary/aromatic N) is 2. The molecule has 2 aliphatic heterocycles. The minimum atomic E-state index is -0.995. The second-order valence-corrected chi connectivity index (χ2v) is 11.2. The summed E-state index contributed by atoms with van der Waals surface area (Å²) in [6.45, 7) is 12.5. The molecular weight excluding hydrogens is 428 g/mol. The highest BCUT2D eigenvalue weighted by Gasteiger charge is 2.67. The summed E-state index contributed by atoms with van der Waals surface area (Å²) in [5.41, 5.74) is -1.20. The van der Waals surface area contributed by atoms with E-state index in [1.165, 1.54) is 0 Å². The van der Waals surface area contributed by atoms with Gasteiger partial charge in [0.25, 0.3) is 0 Å². The molecule has 6 heteroatoms. The summed E-state index contributed by atoms with van der Waals surface area (Å²) in [5.74, 6) is -0.288. The van der Waals surface area contributed by atoms with Crippen molar-refractivity contribution >= 4 is 12.1 Å². The fraction of sp³-hybridized carbons (Fsp3) is 0.500. The molecule has 2 aromatic rings. The van der Waals surface area contributed by atoms with Crippen LogP contribution >= 0.6 is 0 Å². The van der Waals surface area contributed by atoms with Crippen LogP contribution in [0.2, 0.25) is 0 Å². The Morgan fingerprint density at radius 1 is 0.735 bits per heavy atom. The molecule has 182 valence electrons. The van der Waals surface area contributed by atoms with Gasteiger partial charge in [-0.1, -0.05) is 60.7 Å². The van der Waals surface area contributed by atoms with Crippen molar-refractivity contribution in [2.45, 2.75) is 76.8 Å². The number of benzene rings is 2. The Balaban J connectivity index is 1.84. The average Bonchev–Trinajstić information content (AvgIpc) is 2.69. The molecule has 2 aromatic carbocycles. The summed E-state index contributed by atoms with van der Waals surface area (Å²) in [6, 6.07) is 19.7. The predicted molar refractivity (Wildman–Crippen MR) is 131 cm³/mol. The Kier molecular flexibility index (Phi) is 6.01. The summed E-state index contributed by atoms with van der Waals surface area (Å²) in [6.07, 6.45) is 0.941. The molecule has 2 atom stereocenters. The smallest absolute Gasteiger partial charge is 0.412 e. The van der Waals surface area contributed by atoms with Crippen LogP contribution in [-0.2, 0) is 25.5 Å². The maximum atomic E-state index is 13.9. The van der Waals surface area contributed by atoms with E-state index in [1.807, 2.05) is 102 Å². The molecule has 34 heavy (non-hydrogen) atoms. The highest BCUT2D eigenvalue weighted by atomic mass is 16.6. The molecule has 4 rings (SSSR count). The molecule has 0 bridgehead atoms. The first kappa shape index (κ1) is 24.3. The Bertz CT molecular complexity index is 1040. The second-order valence-electron chi connectivity index (χ2n) is 11.2. The number of hydrogen-bond donors (Lipinski definition) is 0. The van der Waals surface area contributed by atoms with Crippen LogP contribution in [0.25, 0.3) is 0 Å². The lowest BCUT2D eigenvalue weighted by Gasteiger charge is -2.66. The maximum absolute atomic E-state index is 13.9. The number of likely N-dealkylation sites (tertiary alicyclic amines) is 2. The average molecular weight is 465 g/mol. The molecule has 0 spiro atoms. The molecule has 2 heterocycles. The van der Waals surface area contributed by atoms with Gasteiger partial charge in [0, 0.05) is 19.5 Å². The zero-order valence-corrected chi connectivity index (χ0v) is 21.1. The first-order chi connectivity index (χ1) is 15.9. The zero-order chi connectivity index (χ0) is 24.8. The number of carbonyl (C=O) groups is 2. The van der Waals surface area contributed by atoms with E-state index < -0.39 is 22.4 Å². The Hall–Kier alpha value is -2.86. The molecule has 0 saturated carbocycles. The third-order valence-electron chi connectivity index (χ3n) is 6.57. The Labute approximate surface area is 202 Å². The number of esters is 1. The topological polar surface area (TPSA) is 59.1 Å². The van der Waals surface area contributed by atoms with Crippen LogP contribution in [0.3, 0.4) is 0 Å². The van der Waals surface area contributed by atoms with Crippen molar-refractivity contribution in [3.8, 4) is 0 Å². The monoisotopic (exact) mass is 464 g/mol. The van der Waals surface area contributed by atoms with E-state index in [4.69, 9.17) is 9.47 Å². The summed E-state index contributed by atoms with van der Waals surface area (Å²) in [4.78, 5) is 31.2. The fourth-order valence-corrected chi connectivity index (χ4v) is 5.09. The van der Waals surface area contributed by atoms with E-state index in [0.717, 1.165) is 11.1 Å². The van der Waals surface area contributed by atoms with Gasteiger partial charge in [-0.3, -0.25) is 9.80 Å². The number of carbonyl (C=O) groups excluding carboxylic acids is 2. The SMILES string of the molecule is CC(C)(C)OC(=O)N1CC[C@@]1(c1ccccc1)N1CC[C@@]1(C(=O)OC(C)(C)C)c1ccccc1. The summed E-state index contributed by atoms with van der Waals surface area (Å²) in [5, 5.41) is 0. The van der Waals surface area contributed by atoms with Gasteiger partial charge in [0.1, 0.15) is 22.4 Å². The lowest BCUT2D eigenvalue weighted by molar-refractivity contribution is -0.236. The lowest BCUT2D eigenvalue weighted by atomic mass is 9.71. The quantitative estimate of drug-likeness (QED) is 0.565. The molecule has 2 saturated heterocycles. The van der Waals surface area contributed by atoms with Crippen LogP contribution in [0.4, 0.5) is 4.79 Å². The van der Waals surface area contributed by atoms with Crippen molar-refractivity contribution in [2.75, 3.05) is 13.1 Å². The minimum Gasteiger partial charge on any atom is -0.458 e. The highest BCUT2D eigenvalue weighted by molar-refractivity contribution is 5.85. The van der Waals surface area contributed by atoms with Crippen molar-refractivity contribution in [3.05, 3.63) is 71.8 Å². The van der Waals surface area contributed by atoms with Gasteiger partial charge in [-0.25, -0.2) is 9.59 Å². The van der Waals surface area contributed by atoms with Crippen LogP contribution in [0, 0.1) is 0 Å². The predicted octanol–water partition coefficient (Wildman–Crippen LogP) is 5.42. The van der Waals surface area contributed by atoms with Gasteiger partial charge in [-0.05, 0) is 59.1 Å². The fourth-order valence-electron chi connectivity index (χ4n) is 5.09. The standard InChI is InChI=1S/C28H36N2O4/c1-25(2,3)33-23(31)27(21-13-9-7-10-14-21)17-20-30(27)28(22-15-11-8-12-16-22)18-19-29(28)24(32)34-26(4,5)6/h7-16H,17-20H2,1-6H3/t27-,28-/m0/s1. The van der Waals surface area contributed by atoms with E-state index in [1.54, 1.807) is 4.90 Å². The van der Waals surface area contributed by atoms with Gasteiger partial charge in [0.15, 0.2) is 0 Å². The first-order valence-electron chi connectivity index (χ1n) is 12.0. The summed E-state index contributed by atoms with van der Waals surface area (Å²) >= 11 is 0. The summed E-state index contributed by atoms with van der Waals surface area (Å²) < 4.78 is 11.8. The van der Waals surface area contributed by atoms with E-state index in [2.05, 4.69) is 4.90 Å². The molecule has 0 aliphatic carbocycles. The van der Waals surface area contributed by atoms with Crippen molar-refractivity contribution in [1.82, 2.24) is 9.80 Å². The van der Waals surface area contributed by atoms with Gasteiger partial charge >= 0.3 is 12.1 Å². The Morgan fingerprint density at radius 3 is 1.68 bits per heavy atom. The van der Waals surface area contributed by atoms with Crippen molar-refractivity contribution in [2.24, 2.45) is 0 Å². The van der Waals surface area contributed by atoms with Crippen molar-refractivity contribution < 1.29 is 19.1 Å². The van der Waals surface area contributed by atoms with Crippen molar-refractivity contribution in [3.63, 3.8) is 0 Å². The van der Waals surface area contributed by atoms with Crippen LogP contribution in [-0.4, -0.2) is 46.2 Å². The number of amides is 1. The molecule has 1 amide bonds. The normalized spacial score (nSPS) is 25.2. The van der Waals surface area contributed by atoms with Crippen LogP contribution in [0.15, 0.2) is 60.7 Å². The minimum absolute atomic E-state index is 0.288. The zero-order valence-electron chi connectivity index (χ0n) is 21.1. The number of hydrogen-bond acceptors (Lipinski definition) is 5. The number of rotatable bonds is 4. The van der Waals surface area contributed by atoms with E-state index in [-0.39, 0.29) is 12.1 Å². The van der Waals surface area contributed by atoms with Gasteiger partial charge in [-0.2, -0.15) is 0 Å². The molecule has 2 fully saturated rings. The Morgan fingerprint density at radius 2 is 1.26 bits per heavy atom. The molecule has 6 nitrogen and oxygen atoms in total. The van der Waals surface area contributed by atoms with Crippen LogP contribution < -0.4 is 0 Å². The second kappa shape index (κ2) is 8.42. The van der Waals surface area contributed by atoms with Gasteiger partial charge < -0.3 is 9.47 Å². The lowest BCUT2D eigenvalue weighted by Crippen LogP contribution is -2.78. The van der Waals surface area contributed by atoms with Gasteiger partial charge in [0.2, 0.25) is 0 Å². The van der Waals surface area contributed by atoms with E-state index >= 15 is 0 Å². The third kappa shape index (κ3) is 4.09. The molecule has 0 N–H and O–H groups in total. The largest absolute Gasteiger partial charge is 0.458 e. The third-order valence-corrected chi connectivity index (χ3v) is 6.57.